The molecule has 9 nitrogen and oxygen atoms in total. The van der Waals surface area contributed by atoms with Crippen LogP contribution in [0.4, 0.5) is 5.82 Å². The zero-order valence-electron chi connectivity index (χ0n) is 16.8. The lowest BCUT2D eigenvalue weighted by Crippen LogP contribution is -2.24. The van der Waals surface area contributed by atoms with Gasteiger partial charge in [0.05, 0.1) is 28.2 Å². The smallest absolute Gasteiger partial charge is 0.294 e. The van der Waals surface area contributed by atoms with Crippen LogP contribution in [0.15, 0.2) is 35.5 Å². The fourth-order valence-electron chi connectivity index (χ4n) is 3.79. The average molecular weight is 467 g/mol. The molecule has 3 N–H and O–H groups in total. The Morgan fingerprint density at radius 3 is 2.48 bits per heavy atom. The summed E-state index contributed by atoms with van der Waals surface area (Å²) in [6, 6.07) is 4.56. The molecule has 1 heterocycles. The molecule has 0 aliphatic heterocycles. The van der Waals surface area contributed by atoms with Crippen molar-refractivity contribution in [2.45, 2.75) is 42.9 Å². The van der Waals surface area contributed by atoms with E-state index in [1.165, 1.54) is 23.8 Å². The molecule has 1 aromatic carbocycles. The van der Waals surface area contributed by atoms with Crippen molar-refractivity contribution >= 4 is 39.1 Å². The van der Waals surface area contributed by atoms with Crippen molar-refractivity contribution < 1.29 is 23.2 Å². The highest BCUT2D eigenvalue weighted by Gasteiger charge is 2.28. The number of carbonyl (C=O) groups excluding carboxylic acids is 2. The van der Waals surface area contributed by atoms with Gasteiger partial charge in [-0.2, -0.15) is 0 Å². The number of hydroxylamine groups is 1. The van der Waals surface area contributed by atoms with Crippen LogP contribution >= 0.6 is 11.6 Å². The first-order valence-electron chi connectivity index (χ1n) is 9.76. The molecule has 166 valence electrons. The van der Waals surface area contributed by atoms with Crippen LogP contribution in [0, 0.1) is 5.92 Å². The first-order valence-corrected chi connectivity index (χ1v) is 12.0. The van der Waals surface area contributed by atoms with Crippen molar-refractivity contribution in [1.29, 1.82) is 0 Å². The summed E-state index contributed by atoms with van der Waals surface area (Å²) in [5.41, 5.74) is 1.97. The third-order valence-electron chi connectivity index (χ3n) is 5.36. The van der Waals surface area contributed by atoms with Gasteiger partial charge in [0.25, 0.3) is 5.91 Å². The topological polar surface area (TPSA) is 138 Å². The van der Waals surface area contributed by atoms with E-state index in [0.29, 0.717) is 17.9 Å². The number of anilines is 1. The number of sulfone groups is 1. The fourth-order valence-corrected chi connectivity index (χ4v) is 5.13. The average Bonchev–Trinajstić information content (AvgIpc) is 3.24. The molecule has 1 aliphatic rings. The first-order chi connectivity index (χ1) is 14.7. The van der Waals surface area contributed by atoms with Crippen LogP contribution in [-0.4, -0.2) is 41.7 Å². The molecule has 2 aromatic rings. The number of nitrogens with zero attached hydrogens (tertiary/aromatic N) is 2. The Bertz CT molecular complexity index is 1070. The molecule has 31 heavy (non-hydrogen) atoms. The number of rotatable bonds is 7. The van der Waals surface area contributed by atoms with Crippen LogP contribution in [-0.2, 0) is 14.6 Å². The zero-order valence-corrected chi connectivity index (χ0v) is 18.4. The number of amides is 2. The Hall–Kier alpha value is -2.56. The van der Waals surface area contributed by atoms with Gasteiger partial charge in [0.2, 0.25) is 5.91 Å². The Morgan fingerprint density at radius 2 is 1.94 bits per heavy atom. The van der Waals surface area contributed by atoms with Crippen molar-refractivity contribution in [2.75, 3.05) is 11.6 Å². The summed E-state index contributed by atoms with van der Waals surface area (Å²) in [5, 5.41) is 11.4. The van der Waals surface area contributed by atoms with Crippen molar-refractivity contribution in [3.05, 3.63) is 46.9 Å². The molecule has 0 bridgehead atoms. The number of benzene rings is 1. The van der Waals surface area contributed by atoms with E-state index in [2.05, 4.69) is 15.3 Å². The molecule has 11 heteroatoms. The molecule has 2 amide bonds. The molecule has 1 aliphatic carbocycles. The summed E-state index contributed by atoms with van der Waals surface area (Å²) >= 11 is 6.21. The van der Waals surface area contributed by atoms with E-state index in [-0.39, 0.29) is 27.3 Å². The minimum absolute atomic E-state index is 0.0153. The highest BCUT2D eigenvalue weighted by Crippen LogP contribution is 2.36. The molecule has 0 radical (unpaired) electrons. The van der Waals surface area contributed by atoms with Gasteiger partial charge in [0.1, 0.15) is 5.69 Å². The quantitative estimate of drug-likeness (QED) is 0.421. The van der Waals surface area contributed by atoms with E-state index < -0.39 is 21.7 Å². The second-order valence-electron chi connectivity index (χ2n) is 7.62. The van der Waals surface area contributed by atoms with Crippen molar-refractivity contribution in [3.63, 3.8) is 0 Å². The number of aromatic nitrogens is 2. The molecule has 1 saturated carbocycles. The lowest BCUT2D eigenvalue weighted by Gasteiger charge is -2.21. The van der Waals surface area contributed by atoms with Gasteiger partial charge in [0, 0.05) is 6.26 Å². The number of hydrogen-bond acceptors (Lipinski definition) is 7. The van der Waals surface area contributed by atoms with E-state index in [1.54, 1.807) is 6.07 Å². The van der Waals surface area contributed by atoms with Crippen molar-refractivity contribution in [2.24, 2.45) is 5.92 Å². The fraction of sp³-hybridized carbons (Fsp3) is 0.400. The maximum atomic E-state index is 13.1. The molecule has 0 saturated heterocycles. The number of hydrogen-bond donors (Lipinski definition) is 3. The SMILES string of the molecule is CS(=O)(=O)c1ccc(C(CC2CCCC2)C(=O)Nc2cnc(C(=O)NO)cn2)cc1Cl. The molecule has 1 unspecified atom stereocenters. The lowest BCUT2D eigenvalue weighted by atomic mass is 9.87. The Balaban J connectivity index is 1.85. The van der Waals surface area contributed by atoms with Crippen LogP contribution < -0.4 is 10.8 Å². The van der Waals surface area contributed by atoms with Gasteiger partial charge in [0.15, 0.2) is 15.7 Å². The Morgan fingerprint density at radius 1 is 1.23 bits per heavy atom. The second-order valence-corrected chi connectivity index (χ2v) is 10.0. The highest BCUT2D eigenvalue weighted by molar-refractivity contribution is 7.90. The number of halogens is 1. The standard InChI is InChI=1S/C20H23ClN4O5S/c1-31(29,30)17-7-6-13(9-15(17)21)14(8-12-4-2-3-5-12)19(26)24-18-11-22-16(10-23-18)20(27)25-28/h6-7,9-12,14,28H,2-5,8H2,1H3,(H,25,27)(H,23,24,26). The molecule has 1 aromatic heterocycles. The third-order valence-corrected chi connectivity index (χ3v) is 6.94. The predicted octanol–water partition coefficient (Wildman–Crippen LogP) is 2.96. The Labute approximate surface area is 185 Å². The second kappa shape index (κ2) is 9.71. The zero-order chi connectivity index (χ0) is 22.6. The largest absolute Gasteiger partial charge is 0.309 e. The summed E-state index contributed by atoms with van der Waals surface area (Å²) in [7, 11) is -3.48. The van der Waals surface area contributed by atoms with Crippen LogP contribution in [0.2, 0.25) is 5.02 Å². The summed E-state index contributed by atoms with van der Waals surface area (Å²) in [5.74, 6) is -1.18. The highest BCUT2D eigenvalue weighted by atomic mass is 35.5. The van der Waals surface area contributed by atoms with E-state index in [1.807, 2.05) is 0 Å². The van der Waals surface area contributed by atoms with Gasteiger partial charge in [-0.25, -0.2) is 23.9 Å². The maximum absolute atomic E-state index is 13.1. The predicted molar refractivity (Wildman–Crippen MR) is 114 cm³/mol. The van der Waals surface area contributed by atoms with E-state index in [9.17, 15) is 18.0 Å². The normalized spacial score (nSPS) is 15.5. The molecule has 3 rings (SSSR count). The molecule has 1 fully saturated rings. The molecule has 0 spiro atoms. The van der Waals surface area contributed by atoms with Gasteiger partial charge in [-0.15, -0.1) is 0 Å². The van der Waals surface area contributed by atoms with Crippen LogP contribution in [0.3, 0.4) is 0 Å². The van der Waals surface area contributed by atoms with Crippen molar-refractivity contribution in [1.82, 2.24) is 15.4 Å². The van der Waals surface area contributed by atoms with E-state index >= 15 is 0 Å². The van der Waals surface area contributed by atoms with Crippen LogP contribution in [0.25, 0.3) is 0 Å². The monoisotopic (exact) mass is 466 g/mol. The number of nitrogens with one attached hydrogen (secondary N) is 2. The summed E-state index contributed by atoms with van der Waals surface area (Å²) in [4.78, 5) is 32.3. The minimum Gasteiger partial charge on any atom is -0.309 e. The summed E-state index contributed by atoms with van der Waals surface area (Å²) < 4.78 is 23.7. The third kappa shape index (κ3) is 5.78. The van der Waals surface area contributed by atoms with Gasteiger partial charge >= 0.3 is 0 Å². The molecular formula is C20H23ClN4O5S. The maximum Gasteiger partial charge on any atom is 0.294 e. The summed E-state index contributed by atoms with van der Waals surface area (Å²) in [6.45, 7) is 0. The molecular weight excluding hydrogens is 444 g/mol. The van der Waals surface area contributed by atoms with Crippen molar-refractivity contribution in [3.8, 4) is 0 Å². The van der Waals surface area contributed by atoms with Gasteiger partial charge in [-0.1, -0.05) is 43.4 Å². The lowest BCUT2D eigenvalue weighted by molar-refractivity contribution is -0.118. The number of carbonyl (C=O) groups is 2. The van der Waals surface area contributed by atoms with E-state index in [0.717, 1.165) is 38.1 Å². The Kier molecular flexibility index (Phi) is 7.24. The van der Waals surface area contributed by atoms with Crippen LogP contribution in [0.1, 0.15) is 54.1 Å². The summed E-state index contributed by atoms with van der Waals surface area (Å²) in [6.07, 6.45) is 8.32. The minimum atomic E-state index is -3.48. The van der Waals surface area contributed by atoms with Gasteiger partial charge in [-0.05, 0) is 30.0 Å². The van der Waals surface area contributed by atoms with Gasteiger partial charge in [-0.3, -0.25) is 14.8 Å². The first kappa shape index (κ1) is 23.1. The van der Waals surface area contributed by atoms with Gasteiger partial charge < -0.3 is 5.32 Å². The van der Waals surface area contributed by atoms with Crippen LogP contribution in [0.5, 0.6) is 0 Å². The molecule has 1 atom stereocenters. The van der Waals surface area contributed by atoms with E-state index in [4.69, 9.17) is 16.8 Å².